The summed E-state index contributed by atoms with van der Waals surface area (Å²) in [6.07, 6.45) is 0.612. The second kappa shape index (κ2) is 6.91. The molecular formula is C14H23N3O3S. The number of sulfonamides is 1. The average Bonchev–Trinajstić information content (AvgIpc) is 2.42. The monoisotopic (exact) mass is 313 g/mol. The third-order valence-corrected chi connectivity index (χ3v) is 5.33. The Morgan fingerprint density at radius 2 is 1.86 bits per heavy atom. The van der Waals surface area contributed by atoms with Crippen LogP contribution >= 0.6 is 0 Å². The van der Waals surface area contributed by atoms with E-state index in [1.807, 2.05) is 6.92 Å². The number of hydrogen-bond donors (Lipinski definition) is 2. The van der Waals surface area contributed by atoms with Crippen molar-refractivity contribution >= 4 is 21.6 Å². The van der Waals surface area contributed by atoms with E-state index in [1.54, 1.807) is 26.0 Å². The number of carbonyl (C=O) groups excluding carboxylic acids is 1. The Morgan fingerprint density at radius 1 is 1.29 bits per heavy atom. The van der Waals surface area contributed by atoms with Gasteiger partial charge in [0.15, 0.2) is 0 Å². The van der Waals surface area contributed by atoms with Crippen LogP contribution in [0.5, 0.6) is 0 Å². The molecule has 3 N–H and O–H groups in total. The highest BCUT2D eigenvalue weighted by Gasteiger charge is 2.29. The molecule has 118 valence electrons. The molecule has 21 heavy (non-hydrogen) atoms. The van der Waals surface area contributed by atoms with Crippen molar-refractivity contribution in [3.63, 3.8) is 0 Å². The predicted molar refractivity (Wildman–Crippen MR) is 83.4 cm³/mol. The average molecular weight is 313 g/mol. The minimum Gasteiger partial charge on any atom is -0.397 e. The lowest BCUT2D eigenvalue weighted by atomic mass is 10.1. The van der Waals surface area contributed by atoms with E-state index in [9.17, 15) is 13.2 Å². The SMILES string of the molecule is CCCN(CC(=O)NC)S(=O)(=O)c1c(C)ccc(C)c1N. The molecule has 0 radical (unpaired) electrons. The van der Waals surface area contributed by atoms with Crippen molar-refractivity contribution < 1.29 is 13.2 Å². The van der Waals surface area contributed by atoms with Crippen molar-refractivity contribution in [2.45, 2.75) is 32.1 Å². The molecule has 0 bridgehead atoms. The van der Waals surface area contributed by atoms with E-state index < -0.39 is 10.0 Å². The minimum absolute atomic E-state index is 0.0971. The number of rotatable bonds is 6. The second-order valence-corrected chi connectivity index (χ2v) is 6.83. The summed E-state index contributed by atoms with van der Waals surface area (Å²) < 4.78 is 26.8. The van der Waals surface area contributed by atoms with Gasteiger partial charge in [-0.1, -0.05) is 19.1 Å². The molecule has 0 aliphatic heterocycles. The molecule has 0 heterocycles. The Hall–Kier alpha value is -1.60. The van der Waals surface area contributed by atoms with Crippen LogP contribution in [0.4, 0.5) is 5.69 Å². The number of anilines is 1. The fourth-order valence-corrected chi connectivity index (χ4v) is 3.93. The van der Waals surface area contributed by atoms with Crippen LogP contribution in [0.15, 0.2) is 17.0 Å². The topological polar surface area (TPSA) is 92.5 Å². The number of nitrogens with two attached hydrogens (primary N) is 1. The molecule has 0 saturated heterocycles. The van der Waals surface area contributed by atoms with Gasteiger partial charge in [0.1, 0.15) is 4.90 Å². The first-order valence-corrected chi connectivity index (χ1v) is 8.26. The number of benzene rings is 1. The first kappa shape index (κ1) is 17.5. The molecule has 6 nitrogen and oxygen atoms in total. The van der Waals surface area contributed by atoms with Crippen molar-refractivity contribution in [3.8, 4) is 0 Å². The third-order valence-electron chi connectivity index (χ3n) is 3.28. The fourth-order valence-electron chi connectivity index (χ4n) is 2.05. The summed E-state index contributed by atoms with van der Waals surface area (Å²) in [4.78, 5) is 11.7. The zero-order chi connectivity index (χ0) is 16.2. The van der Waals surface area contributed by atoms with E-state index in [2.05, 4.69) is 5.32 Å². The number of nitrogen functional groups attached to an aromatic ring is 1. The summed E-state index contributed by atoms with van der Waals surface area (Å²) >= 11 is 0. The number of amides is 1. The molecule has 0 atom stereocenters. The van der Waals surface area contributed by atoms with Crippen molar-refractivity contribution in [2.24, 2.45) is 0 Å². The fraction of sp³-hybridized carbons (Fsp3) is 0.500. The Labute approximate surface area is 126 Å². The minimum atomic E-state index is -3.80. The van der Waals surface area contributed by atoms with Crippen LogP contribution in [0.3, 0.4) is 0 Å². The van der Waals surface area contributed by atoms with Gasteiger partial charge in [0.05, 0.1) is 12.2 Å². The number of likely N-dealkylation sites (N-methyl/N-ethyl adjacent to an activating group) is 1. The molecule has 0 aromatic heterocycles. The van der Waals surface area contributed by atoms with Crippen molar-refractivity contribution in [2.75, 3.05) is 25.9 Å². The lowest BCUT2D eigenvalue weighted by molar-refractivity contribution is -0.120. The normalized spacial score (nSPS) is 11.7. The summed E-state index contributed by atoms with van der Waals surface area (Å²) in [7, 11) is -2.33. The van der Waals surface area contributed by atoms with Gasteiger partial charge in [0, 0.05) is 13.6 Å². The number of hydrogen-bond acceptors (Lipinski definition) is 4. The Kier molecular flexibility index (Phi) is 5.74. The highest BCUT2D eigenvalue weighted by atomic mass is 32.2. The van der Waals surface area contributed by atoms with Crippen LogP contribution in [0, 0.1) is 13.8 Å². The van der Waals surface area contributed by atoms with E-state index >= 15 is 0 Å². The molecule has 7 heteroatoms. The quantitative estimate of drug-likeness (QED) is 0.767. The summed E-state index contributed by atoms with van der Waals surface area (Å²) in [5.74, 6) is -0.351. The summed E-state index contributed by atoms with van der Waals surface area (Å²) in [6, 6.07) is 3.51. The zero-order valence-corrected chi connectivity index (χ0v) is 13.8. The highest BCUT2D eigenvalue weighted by Crippen LogP contribution is 2.28. The van der Waals surface area contributed by atoms with Crippen LogP contribution in [-0.2, 0) is 14.8 Å². The van der Waals surface area contributed by atoms with Gasteiger partial charge in [-0.25, -0.2) is 8.42 Å². The predicted octanol–water partition coefficient (Wildman–Crippen LogP) is 1.03. The lowest BCUT2D eigenvalue weighted by Crippen LogP contribution is -2.40. The molecule has 1 aromatic rings. The standard InChI is InChI=1S/C14H23N3O3S/c1-5-8-17(9-12(18)16-4)21(19,20)14-11(3)7-6-10(2)13(14)15/h6-7H,5,8-9,15H2,1-4H3,(H,16,18). The van der Waals surface area contributed by atoms with Gasteiger partial charge in [-0.15, -0.1) is 0 Å². The molecule has 0 aliphatic carbocycles. The zero-order valence-electron chi connectivity index (χ0n) is 12.9. The Morgan fingerprint density at radius 3 is 2.38 bits per heavy atom. The molecule has 0 spiro atoms. The van der Waals surface area contributed by atoms with E-state index in [-0.39, 0.29) is 29.6 Å². The van der Waals surface area contributed by atoms with E-state index in [4.69, 9.17) is 5.73 Å². The second-order valence-electron chi connectivity index (χ2n) is 4.95. The molecule has 0 unspecified atom stereocenters. The van der Waals surface area contributed by atoms with Gasteiger partial charge < -0.3 is 11.1 Å². The molecule has 1 aromatic carbocycles. The first-order valence-electron chi connectivity index (χ1n) is 6.82. The van der Waals surface area contributed by atoms with Crippen LogP contribution in [0.25, 0.3) is 0 Å². The first-order chi connectivity index (χ1) is 9.75. The van der Waals surface area contributed by atoms with Crippen molar-refractivity contribution in [1.82, 2.24) is 9.62 Å². The van der Waals surface area contributed by atoms with E-state index in [0.29, 0.717) is 17.5 Å². The smallest absolute Gasteiger partial charge is 0.245 e. The summed E-state index contributed by atoms with van der Waals surface area (Å²) in [6.45, 7) is 5.38. The maximum Gasteiger partial charge on any atom is 0.245 e. The van der Waals surface area contributed by atoms with Gasteiger partial charge >= 0.3 is 0 Å². The van der Waals surface area contributed by atoms with Crippen molar-refractivity contribution in [1.29, 1.82) is 0 Å². The molecule has 0 fully saturated rings. The van der Waals surface area contributed by atoms with Gasteiger partial charge in [0.25, 0.3) is 0 Å². The van der Waals surface area contributed by atoms with E-state index in [0.717, 1.165) is 0 Å². The third kappa shape index (κ3) is 3.74. The summed E-state index contributed by atoms with van der Waals surface area (Å²) in [5, 5.41) is 2.44. The number of nitrogens with one attached hydrogen (secondary N) is 1. The molecule has 0 saturated carbocycles. The maximum atomic E-state index is 12.8. The number of aryl methyl sites for hydroxylation is 2. The highest BCUT2D eigenvalue weighted by molar-refractivity contribution is 7.89. The van der Waals surface area contributed by atoms with Gasteiger partial charge in [-0.2, -0.15) is 4.31 Å². The van der Waals surface area contributed by atoms with Crippen LogP contribution in [0.2, 0.25) is 0 Å². The number of carbonyl (C=O) groups is 1. The maximum absolute atomic E-state index is 12.8. The van der Waals surface area contributed by atoms with Gasteiger partial charge in [-0.3, -0.25) is 4.79 Å². The van der Waals surface area contributed by atoms with Crippen LogP contribution in [-0.4, -0.2) is 38.8 Å². The Balaban J connectivity index is 3.36. The van der Waals surface area contributed by atoms with Crippen molar-refractivity contribution in [3.05, 3.63) is 23.3 Å². The largest absolute Gasteiger partial charge is 0.397 e. The van der Waals surface area contributed by atoms with Crippen LogP contribution < -0.4 is 11.1 Å². The number of nitrogens with zero attached hydrogens (tertiary/aromatic N) is 1. The molecule has 0 aliphatic rings. The Bertz CT molecular complexity index is 627. The molecular weight excluding hydrogens is 290 g/mol. The summed E-state index contributed by atoms with van der Waals surface area (Å²) in [5.41, 5.74) is 7.49. The van der Waals surface area contributed by atoms with Gasteiger partial charge in [-0.05, 0) is 31.4 Å². The van der Waals surface area contributed by atoms with E-state index in [1.165, 1.54) is 11.4 Å². The molecule has 1 rings (SSSR count). The molecule has 1 amide bonds. The van der Waals surface area contributed by atoms with Gasteiger partial charge in [0.2, 0.25) is 15.9 Å². The lowest BCUT2D eigenvalue weighted by Gasteiger charge is -2.23. The van der Waals surface area contributed by atoms with Crippen LogP contribution in [0.1, 0.15) is 24.5 Å².